The largest absolute Gasteiger partial charge is 0.284 e. The van der Waals surface area contributed by atoms with Crippen LogP contribution in [-0.4, -0.2) is 18.6 Å². The van der Waals surface area contributed by atoms with E-state index in [4.69, 9.17) is 0 Å². The molecule has 0 saturated carbocycles. The van der Waals surface area contributed by atoms with Crippen molar-refractivity contribution in [3.63, 3.8) is 0 Å². The molecule has 1 aromatic carbocycles. The van der Waals surface area contributed by atoms with Crippen molar-refractivity contribution in [2.24, 2.45) is 0 Å². The summed E-state index contributed by atoms with van der Waals surface area (Å²) in [5, 5.41) is 6.10. The van der Waals surface area contributed by atoms with E-state index >= 15 is 0 Å². The number of aromatic nitrogens is 2. The predicted octanol–water partition coefficient (Wildman–Crippen LogP) is 2.33. The Balaban J connectivity index is 2.20. The number of anilines is 1. The molecule has 0 fully saturated rings. The minimum Gasteiger partial charge on any atom is -0.284 e. The summed E-state index contributed by atoms with van der Waals surface area (Å²) in [6.45, 7) is 4.18. The summed E-state index contributed by atoms with van der Waals surface area (Å²) in [5.74, 6) is 0.421. The molecule has 0 atom stereocenters. The number of nitrogens with one attached hydrogen (secondary N) is 2. The highest BCUT2D eigenvalue weighted by atomic mass is 32.2. The molecule has 0 radical (unpaired) electrons. The standard InChI is InChI=1S/C12H15N3O2S/c1-9(2)10-3-5-11(6-4-10)15-18(16,17)12-7-13-14-8-12/h3-9,15H,1-2H3,(H,13,14). The molecule has 5 nitrogen and oxygen atoms in total. The van der Waals surface area contributed by atoms with Gasteiger partial charge in [-0.15, -0.1) is 0 Å². The highest BCUT2D eigenvalue weighted by molar-refractivity contribution is 7.92. The summed E-state index contributed by atoms with van der Waals surface area (Å²) >= 11 is 0. The minimum atomic E-state index is -3.55. The molecule has 2 N–H and O–H groups in total. The second-order valence-corrected chi connectivity index (χ2v) is 6.00. The lowest BCUT2D eigenvalue weighted by molar-refractivity contribution is 0.601. The predicted molar refractivity (Wildman–Crippen MR) is 69.9 cm³/mol. The third kappa shape index (κ3) is 2.70. The monoisotopic (exact) mass is 265 g/mol. The molecule has 1 heterocycles. The number of benzene rings is 1. The molecule has 0 bridgehead atoms. The van der Waals surface area contributed by atoms with Gasteiger partial charge in [0.05, 0.1) is 6.20 Å². The fourth-order valence-electron chi connectivity index (χ4n) is 1.54. The topological polar surface area (TPSA) is 74.8 Å². The molecule has 2 rings (SSSR count). The summed E-state index contributed by atoms with van der Waals surface area (Å²) in [5.41, 5.74) is 1.71. The van der Waals surface area contributed by atoms with Crippen molar-refractivity contribution in [2.45, 2.75) is 24.7 Å². The van der Waals surface area contributed by atoms with E-state index in [1.807, 2.05) is 12.1 Å². The summed E-state index contributed by atoms with van der Waals surface area (Å²) in [6.07, 6.45) is 2.61. The van der Waals surface area contributed by atoms with Gasteiger partial charge in [-0.25, -0.2) is 8.42 Å². The maximum absolute atomic E-state index is 11.9. The first kappa shape index (κ1) is 12.6. The van der Waals surface area contributed by atoms with Crippen LogP contribution in [0, 0.1) is 0 Å². The molecular formula is C12H15N3O2S. The third-order valence-corrected chi connectivity index (χ3v) is 3.96. The highest BCUT2D eigenvalue weighted by Gasteiger charge is 2.15. The number of sulfonamides is 1. The third-order valence-electron chi connectivity index (χ3n) is 2.61. The van der Waals surface area contributed by atoms with Gasteiger partial charge in [-0.3, -0.25) is 9.82 Å². The Morgan fingerprint density at radius 2 is 1.89 bits per heavy atom. The molecule has 6 heteroatoms. The first-order valence-corrected chi connectivity index (χ1v) is 7.09. The van der Waals surface area contributed by atoms with Gasteiger partial charge in [0.1, 0.15) is 4.90 Å². The van der Waals surface area contributed by atoms with Gasteiger partial charge < -0.3 is 0 Å². The zero-order chi connectivity index (χ0) is 13.2. The lowest BCUT2D eigenvalue weighted by atomic mass is 10.0. The SMILES string of the molecule is CC(C)c1ccc(NS(=O)(=O)c2cn[nH]c2)cc1. The molecule has 96 valence electrons. The van der Waals surface area contributed by atoms with E-state index in [1.54, 1.807) is 12.1 Å². The van der Waals surface area contributed by atoms with E-state index in [0.717, 1.165) is 0 Å². The van der Waals surface area contributed by atoms with Crippen molar-refractivity contribution in [1.29, 1.82) is 0 Å². The van der Waals surface area contributed by atoms with Gasteiger partial charge in [0.15, 0.2) is 0 Å². The van der Waals surface area contributed by atoms with Crippen molar-refractivity contribution in [1.82, 2.24) is 10.2 Å². The Kier molecular flexibility index (Phi) is 3.38. The summed E-state index contributed by atoms with van der Waals surface area (Å²) in [6, 6.07) is 7.34. The Labute approximate surface area is 106 Å². The van der Waals surface area contributed by atoms with E-state index in [1.165, 1.54) is 18.0 Å². The fourth-order valence-corrected chi connectivity index (χ4v) is 2.50. The lowest BCUT2D eigenvalue weighted by Crippen LogP contribution is -2.12. The van der Waals surface area contributed by atoms with Gasteiger partial charge in [-0.2, -0.15) is 5.10 Å². The van der Waals surface area contributed by atoms with E-state index < -0.39 is 10.0 Å². The van der Waals surface area contributed by atoms with Crippen LogP contribution in [0.4, 0.5) is 5.69 Å². The van der Waals surface area contributed by atoms with Crippen LogP contribution in [0.1, 0.15) is 25.3 Å². The highest BCUT2D eigenvalue weighted by Crippen LogP contribution is 2.19. The van der Waals surface area contributed by atoms with Gasteiger partial charge >= 0.3 is 0 Å². The average molecular weight is 265 g/mol. The van der Waals surface area contributed by atoms with Gasteiger partial charge in [-0.05, 0) is 23.6 Å². The first-order chi connectivity index (χ1) is 8.49. The molecule has 0 saturated heterocycles. The van der Waals surface area contributed by atoms with Crippen LogP contribution in [0.25, 0.3) is 0 Å². The Hall–Kier alpha value is -1.82. The Bertz CT molecular complexity index is 601. The number of aromatic amines is 1. The lowest BCUT2D eigenvalue weighted by Gasteiger charge is -2.08. The second-order valence-electron chi connectivity index (χ2n) is 4.32. The molecular weight excluding hydrogens is 250 g/mol. The van der Waals surface area contributed by atoms with Crippen LogP contribution in [-0.2, 0) is 10.0 Å². The molecule has 0 aliphatic rings. The number of H-pyrrole nitrogens is 1. The van der Waals surface area contributed by atoms with Crippen molar-refractivity contribution in [2.75, 3.05) is 4.72 Å². The van der Waals surface area contributed by atoms with E-state index in [2.05, 4.69) is 28.8 Å². The van der Waals surface area contributed by atoms with E-state index in [9.17, 15) is 8.42 Å². The van der Waals surface area contributed by atoms with Crippen molar-refractivity contribution < 1.29 is 8.42 Å². The molecule has 0 unspecified atom stereocenters. The second kappa shape index (κ2) is 4.81. The number of hydrogen-bond donors (Lipinski definition) is 2. The summed E-state index contributed by atoms with van der Waals surface area (Å²) in [7, 11) is -3.55. The first-order valence-electron chi connectivity index (χ1n) is 5.60. The summed E-state index contributed by atoms with van der Waals surface area (Å²) in [4.78, 5) is 0.121. The van der Waals surface area contributed by atoms with Crippen molar-refractivity contribution in [3.05, 3.63) is 42.2 Å². The van der Waals surface area contributed by atoms with Gasteiger partial charge in [0, 0.05) is 11.9 Å². The fraction of sp³-hybridized carbons (Fsp3) is 0.250. The van der Waals surface area contributed by atoms with Crippen LogP contribution in [0.3, 0.4) is 0 Å². The van der Waals surface area contributed by atoms with Crippen LogP contribution in [0.2, 0.25) is 0 Å². The normalized spacial score (nSPS) is 11.7. The van der Waals surface area contributed by atoms with Gasteiger partial charge in [-0.1, -0.05) is 26.0 Å². The zero-order valence-electron chi connectivity index (χ0n) is 10.2. The van der Waals surface area contributed by atoms with E-state index in [-0.39, 0.29) is 4.90 Å². The smallest absolute Gasteiger partial charge is 0.265 e. The van der Waals surface area contributed by atoms with Gasteiger partial charge in [0.2, 0.25) is 0 Å². The van der Waals surface area contributed by atoms with E-state index in [0.29, 0.717) is 11.6 Å². The van der Waals surface area contributed by atoms with Crippen LogP contribution < -0.4 is 4.72 Å². The molecule has 0 amide bonds. The zero-order valence-corrected chi connectivity index (χ0v) is 11.0. The minimum absolute atomic E-state index is 0.121. The van der Waals surface area contributed by atoms with Crippen molar-refractivity contribution >= 4 is 15.7 Å². The maximum atomic E-state index is 11.9. The molecule has 2 aromatic rings. The van der Waals surface area contributed by atoms with Crippen molar-refractivity contribution in [3.8, 4) is 0 Å². The average Bonchev–Trinajstić information content (AvgIpc) is 2.83. The maximum Gasteiger partial charge on any atom is 0.265 e. The molecule has 0 aliphatic carbocycles. The molecule has 0 aliphatic heterocycles. The number of nitrogens with zero attached hydrogens (tertiary/aromatic N) is 1. The summed E-state index contributed by atoms with van der Waals surface area (Å²) < 4.78 is 26.3. The molecule has 18 heavy (non-hydrogen) atoms. The number of hydrogen-bond acceptors (Lipinski definition) is 3. The van der Waals surface area contributed by atoms with Crippen LogP contribution in [0.15, 0.2) is 41.6 Å². The molecule has 0 spiro atoms. The van der Waals surface area contributed by atoms with Gasteiger partial charge in [0.25, 0.3) is 10.0 Å². The van der Waals surface area contributed by atoms with Crippen LogP contribution in [0.5, 0.6) is 0 Å². The van der Waals surface area contributed by atoms with Crippen LogP contribution >= 0.6 is 0 Å². The molecule has 1 aromatic heterocycles. The Morgan fingerprint density at radius 1 is 1.22 bits per heavy atom. The Morgan fingerprint density at radius 3 is 2.39 bits per heavy atom. The quantitative estimate of drug-likeness (QED) is 0.891. The number of rotatable bonds is 4.